The molecular weight excluding hydrogens is 238 g/mol. The molecular formula is C12H17NO3S. The van der Waals surface area contributed by atoms with Gasteiger partial charge in [0.15, 0.2) is 0 Å². The maximum absolute atomic E-state index is 11.9. The smallest absolute Gasteiger partial charge is 0.242 e. The summed E-state index contributed by atoms with van der Waals surface area (Å²) in [5, 5.41) is 0. The van der Waals surface area contributed by atoms with Gasteiger partial charge in [0, 0.05) is 0 Å². The van der Waals surface area contributed by atoms with Gasteiger partial charge < -0.3 is 0 Å². The lowest BCUT2D eigenvalue weighted by Crippen LogP contribution is -2.62. The van der Waals surface area contributed by atoms with Crippen molar-refractivity contribution in [1.29, 1.82) is 0 Å². The maximum atomic E-state index is 11.9. The lowest BCUT2D eigenvalue weighted by molar-refractivity contribution is -0.144. The molecule has 1 amide bonds. The molecule has 0 aromatic carbocycles. The van der Waals surface area contributed by atoms with E-state index in [0.29, 0.717) is 0 Å². The fraction of sp³-hybridized carbons (Fsp3) is 0.583. The summed E-state index contributed by atoms with van der Waals surface area (Å²) >= 11 is 0. The average Bonchev–Trinajstić information content (AvgIpc) is 2.21. The highest BCUT2D eigenvalue weighted by atomic mass is 32.2. The number of carbonyl (C=O) groups excluding carboxylic acids is 1. The van der Waals surface area contributed by atoms with Crippen LogP contribution in [0.4, 0.5) is 0 Å². The first-order chi connectivity index (χ1) is 8.08. The zero-order valence-corrected chi connectivity index (χ0v) is 10.5. The van der Waals surface area contributed by atoms with Crippen LogP contribution in [0.3, 0.4) is 0 Å². The van der Waals surface area contributed by atoms with Gasteiger partial charge in [-0.2, -0.15) is 0 Å². The summed E-state index contributed by atoms with van der Waals surface area (Å²) in [6.45, 7) is 3.41. The van der Waals surface area contributed by atoms with Crippen LogP contribution in [0.5, 0.6) is 0 Å². The van der Waals surface area contributed by atoms with Gasteiger partial charge in [-0.05, 0) is 19.3 Å². The minimum absolute atomic E-state index is 0.133. The minimum Gasteiger partial charge on any atom is -0.273 e. The molecule has 0 bridgehead atoms. The van der Waals surface area contributed by atoms with Crippen molar-refractivity contribution in [3.8, 4) is 0 Å². The normalized spacial score (nSPS) is 30.8. The molecule has 2 rings (SSSR count). The van der Waals surface area contributed by atoms with Crippen molar-refractivity contribution in [1.82, 2.24) is 4.31 Å². The van der Waals surface area contributed by atoms with Crippen molar-refractivity contribution < 1.29 is 13.2 Å². The molecule has 0 spiro atoms. The molecule has 94 valence electrons. The number of carbonyl (C=O) groups is 1. The third kappa shape index (κ3) is 2.16. The van der Waals surface area contributed by atoms with E-state index in [-0.39, 0.29) is 23.6 Å². The standard InChI is InChI=1S/C12H17NO3S/c1-2-9-17(15,16)13-11-8-6-4-3-5-7-10(11)12(13)14/h2,6,8,10-11H,1,3-5,7,9H2/b8-6-. The Labute approximate surface area is 102 Å². The molecule has 0 radical (unpaired) electrons. The molecule has 17 heavy (non-hydrogen) atoms. The Kier molecular flexibility index (Phi) is 3.38. The van der Waals surface area contributed by atoms with Crippen molar-refractivity contribution in [3.63, 3.8) is 0 Å². The molecule has 2 atom stereocenters. The van der Waals surface area contributed by atoms with Crippen molar-refractivity contribution in [2.75, 3.05) is 5.75 Å². The zero-order chi connectivity index (χ0) is 12.5. The summed E-state index contributed by atoms with van der Waals surface area (Å²) in [4.78, 5) is 11.9. The first kappa shape index (κ1) is 12.4. The van der Waals surface area contributed by atoms with E-state index in [1.807, 2.05) is 12.2 Å². The summed E-state index contributed by atoms with van der Waals surface area (Å²) in [5.74, 6) is -0.551. The molecule has 0 saturated carbocycles. The van der Waals surface area contributed by atoms with Gasteiger partial charge in [-0.25, -0.2) is 12.7 Å². The second-order valence-electron chi connectivity index (χ2n) is 4.51. The van der Waals surface area contributed by atoms with Crippen molar-refractivity contribution >= 4 is 15.9 Å². The van der Waals surface area contributed by atoms with Gasteiger partial charge in [0.25, 0.3) is 0 Å². The summed E-state index contributed by atoms with van der Waals surface area (Å²) in [5.41, 5.74) is 0. The molecule has 2 aliphatic rings. The molecule has 1 heterocycles. The van der Waals surface area contributed by atoms with Crippen LogP contribution in [0.1, 0.15) is 25.7 Å². The van der Waals surface area contributed by atoms with E-state index in [9.17, 15) is 13.2 Å². The molecule has 1 saturated heterocycles. The quantitative estimate of drug-likeness (QED) is 0.566. The highest BCUT2D eigenvalue weighted by Crippen LogP contribution is 2.36. The molecule has 1 aliphatic heterocycles. The van der Waals surface area contributed by atoms with E-state index in [0.717, 1.165) is 30.0 Å². The molecule has 0 aromatic rings. The molecule has 0 N–H and O–H groups in total. The summed E-state index contributed by atoms with van der Waals surface area (Å²) in [7, 11) is -3.51. The first-order valence-corrected chi connectivity index (χ1v) is 7.52. The van der Waals surface area contributed by atoms with Crippen molar-refractivity contribution in [2.45, 2.75) is 31.7 Å². The lowest BCUT2D eigenvalue weighted by atomic mass is 9.84. The fourth-order valence-electron chi connectivity index (χ4n) is 2.46. The largest absolute Gasteiger partial charge is 0.273 e. The number of hydrogen-bond acceptors (Lipinski definition) is 3. The maximum Gasteiger partial charge on any atom is 0.242 e. The van der Waals surface area contributed by atoms with Gasteiger partial charge in [-0.1, -0.05) is 24.6 Å². The number of nitrogens with zero attached hydrogens (tertiary/aromatic N) is 1. The van der Waals surface area contributed by atoms with Gasteiger partial charge in [0.1, 0.15) is 0 Å². The number of sulfonamides is 1. The van der Waals surface area contributed by atoms with Gasteiger partial charge in [0.2, 0.25) is 15.9 Å². The molecule has 2 unspecified atom stereocenters. The molecule has 0 aromatic heterocycles. The fourth-order valence-corrected chi connectivity index (χ4v) is 3.91. The van der Waals surface area contributed by atoms with Crippen LogP contribution < -0.4 is 0 Å². The van der Waals surface area contributed by atoms with Gasteiger partial charge in [-0.3, -0.25) is 4.79 Å². The van der Waals surface area contributed by atoms with Crippen LogP contribution in [0.25, 0.3) is 0 Å². The predicted molar refractivity (Wildman–Crippen MR) is 65.7 cm³/mol. The Morgan fingerprint density at radius 2 is 2.24 bits per heavy atom. The Morgan fingerprint density at radius 3 is 2.94 bits per heavy atom. The topological polar surface area (TPSA) is 54.5 Å². The van der Waals surface area contributed by atoms with E-state index in [2.05, 4.69) is 6.58 Å². The molecule has 1 aliphatic carbocycles. The SMILES string of the molecule is C=CCS(=O)(=O)N1C(=O)C2CCCC/C=C\C21. The van der Waals surface area contributed by atoms with E-state index in [1.165, 1.54) is 6.08 Å². The second-order valence-corrected chi connectivity index (χ2v) is 6.40. The first-order valence-electron chi connectivity index (χ1n) is 5.91. The van der Waals surface area contributed by atoms with E-state index >= 15 is 0 Å². The third-order valence-electron chi connectivity index (χ3n) is 3.31. The number of amides is 1. The Balaban J connectivity index is 2.23. The monoisotopic (exact) mass is 255 g/mol. The summed E-state index contributed by atoms with van der Waals surface area (Å²) < 4.78 is 24.8. The van der Waals surface area contributed by atoms with Crippen LogP contribution in [0, 0.1) is 5.92 Å². The van der Waals surface area contributed by atoms with Gasteiger partial charge >= 0.3 is 0 Å². The summed E-state index contributed by atoms with van der Waals surface area (Å²) in [6, 6.07) is -0.257. The number of allylic oxidation sites excluding steroid dienone is 1. The Morgan fingerprint density at radius 1 is 1.47 bits per heavy atom. The van der Waals surface area contributed by atoms with Crippen LogP contribution in [-0.2, 0) is 14.8 Å². The Hall–Kier alpha value is -1.10. The van der Waals surface area contributed by atoms with Crippen LogP contribution in [0.2, 0.25) is 0 Å². The third-order valence-corrected chi connectivity index (χ3v) is 4.99. The lowest BCUT2D eigenvalue weighted by Gasteiger charge is -2.45. The van der Waals surface area contributed by atoms with E-state index < -0.39 is 10.0 Å². The van der Waals surface area contributed by atoms with Crippen molar-refractivity contribution in [2.24, 2.45) is 5.92 Å². The van der Waals surface area contributed by atoms with Gasteiger partial charge in [-0.15, -0.1) is 6.58 Å². The van der Waals surface area contributed by atoms with Crippen LogP contribution >= 0.6 is 0 Å². The van der Waals surface area contributed by atoms with Crippen molar-refractivity contribution in [3.05, 3.63) is 24.8 Å². The van der Waals surface area contributed by atoms with E-state index in [1.54, 1.807) is 0 Å². The molecule has 4 nitrogen and oxygen atoms in total. The van der Waals surface area contributed by atoms with Crippen LogP contribution in [0.15, 0.2) is 24.8 Å². The number of rotatable bonds is 3. The highest BCUT2D eigenvalue weighted by Gasteiger charge is 2.50. The minimum atomic E-state index is -3.51. The predicted octanol–water partition coefficient (Wildman–Crippen LogP) is 1.46. The van der Waals surface area contributed by atoms with E-state index in [4.69, 9.17) is 0 Å². The molecule has 5 heteroatoms. The van der Waals surface area contributed by atoms with Crippen LogP contribution in [-0.4, -0.2) is 30.4 Å². The second kappa shape index (κ2) is 4.64. The number of hydrogen-bond donors (Lipinski definition) is 0. The summed E-state index contributed by atoms with van der Waals surface area (Å²) in [6.07, 6.45) is 9.01. The molecule has 1 fully saturated rings. The Bertz CT molecular complexity index is 452. The highest BCUT2D eigenvalue weighted by molar-refractivity contribution is 7.89. The number of β-lactam (4-membered cyclic amide) rings is 1. The number of fused-ring (bicyclic) bond motifs is 1. The van der Waals surface area contributed by atoms with Gasteiger partial charge in [0.05, 0.1) is 17.7 Å². The average molecular weight is 255 g/mol. The zero-order valence-electron chi connectivity index (χ0n) is 9.71.